The maximum atomic E-state index is 13.6. The van der Waals surface area contributed by atoms with Gasteiger partial charge in [-0.2, -0.15) is 13.2 Å². The van der Waals surface area contributed by atoms with Crippen molar-refractivity contribution in [3.05, 3.63) is 59.4 Å². The molecule has 2 aromatic rings. The summed E-state index contributed by atoms with van der Waals surface area (Å²) in [4.78, 5) is 11.2. The van der Waals surface area contributed by atoms with Gasteiger partial charge in [-0.15, -0.1) is 0 Å². The quantitative estimate of drug-likeness (QED) is 0.468. The molecule has 0 radical (unpaired) electrons. The van der Waals surface area contributed by atoms with Crippen LogP contribution in [-0.4, -0.2) is 10.9 Å². The van der Waals surface area contributed by atoms with Crippen molar-refractivity contribution in [2.45, 2.75) is 13.1 Å². The van der Waals surface area contributed by atoms with Gasteiger partial charge < -0.3 is 10.6 Å². The molecule has 0 aliphatic heterocycles. The first-order valence-corrected chi connectivity index (χ1v) is 7.13. The largest absolute Gasteiger partial charge is 0.416 e. The maximum Gasteiger partial charge on any atom is 0.416 e. The number of anilines is 2. The molecule has 3 nitrogen and oxygen atoms in total. The van der Waals surface area contributed by atoms with Crippen molar-refractivity contribution in [1.29, 1.82) is 0 Å². The molecular weight excluding hydrogens is 344 g/mol. The van der Waals surface area contributed by atoms with E-state index in [-0.39, 0.29) is 16.6 Å². The van der Waals surface area contributed by atoms with Gasteiger partial charge in [0.2, 0.25) is 0 Å². The van der Waals surface area contributed by atoms with E-state index in [1.807, 2.05) is 0 Å². The van der Waals surface area contributed by atoms with E-state index in [0.717, 1.165) is 6.07 Å². The Morgan fingerprint density at radius 1 is 1.04 bits per heavy atom. The summed E-state index contributed by atoms with van der Waals surface area (Å²) in [6.45, 7) is 1.42. The summed E-state index contributed by atoms with van der Waals surface area (Å²) in [7, 11) is 0. The van der Waals surface area contributed by atoms with Gasteiger partial charge >= 0.3 is 6.18 Å². The third kappa shape index (κ3) is 4.51. The zero-order chi connectivity index (χ0) is 17.9. The van der Waals surface area contributed by atoms with E-state index in [4.69, 9.17) is 12.2 Å². The zero-order valence-corrected chi connectivity index (χ0v) is 13.2. The Morgan fingerprint density at radius 2 is 1.67 bits per heavy atom. The molecule has 126 valence electrons. The molecule has 24 heavy (non-hydrogen) atoms. The minimum absolute atomic E-state index is 0.0798. The lowest BCUT2D eigenvalue weighted by atomic mass is 10.1. The number of carbonyl (C=O) groups is 1. The average molecular weight is 356 g/mol. The number of nitrogens with one attached hydrogen (secondary N) is 2. The predicted octanol–water partition coefficient (Wildman–Crippen LogP) is 4.86. The van der Waals surface area contributed by atoms with Crippen molar-refractivity contribution in [2.75, 3.05) is 10.6 Å². The Kier molecular flexibility index (Phi) is 5.18. The normalized spacial score (nSPS) is 11.0. The summed E-state index contributed by atoms with van der Waals surface area (Å²) >= 11 is 4.96. The van der Waals surface area contributed by atoms with E-state index < -0.39 is 17.6 Å². The summed E-state index contributed by atoms with van der Waals surface area (Å²) < 4.78 is 51.6. The molecule has 0 bridgehead atoms. The Hall–Kier alpha value is -2.48. The summed E-state index contributed by atoms with van der Waals surface area (Å²) in [5, 5.41) is 5.01. The van der Waals surface area contributed by atoms with Crippen LogP contribution in [0.2, 0.25) is 0 Å². The van der Waals surface area contributed by atoms with Gasteiger partial charge in [-0.1, -0.05) is 0 Å². The van der Waals surface area contributed by atoms with Gasteiger partial charge in [0.1, 0.15) is 5.82 Å². The molecule has 8 heteroatoms. The molecule has 0 fully saturated rings. The van der Waals surface area contributed by atoms with Gasteiger partial charge in [-0.05, 0) is 61.6 Å². The van der Waals surface area contributed by atoms with Crippen LogP contribution in [0.4, 0.5) is 28.9 Å². The van der Waals surface area contributed by atoms with Gasteiger partial charge in [0, 0.05) is 11.3 Å². The Morgan fingerprint density at radius 3 is 2.21 bits per heavy atom. The molecule has 0 saturated carbocycles. The molecule has 2 N–H and O–H groups in total. The first-order valence-electron chi connectivity index (χ1n) is 6.72. The van der Waals surface area contributed by atoms with Crippen LogP contribution in [-0.2, 0) is 6.18 Å². The van der Waals surface area contributed by atoms with Crippen LogP contribution in [0.5, 0.6) is 0 Å². The molecule has 0 aromatic heterocycles. The first kappa shape index (κ1) is 17.9. The van der Waals surface area contributed by atoms with Crippen LogP contribution in [0.15, 0.2) is 42.5 Å². The number of alkyl halides is 3. The highest BCUT2D eigenvalue weighted by Crippen LogP contribution is 2.31. The number of thiocarbonyl (C=S) groups is 1. The SMILES string of the molecule is CC(=O)c1ccc(NC(=S)Nc2cc(C(F)(F)F)ccc2F)cc1. The highest BCUT2D eigenvalue weighted by atomic mass is 32.1. The molecule has 0 spiro atoms. The van der Waals surface area contributed by atoms with Gasteiger partial charge in [0.25, 0.3) is 0 Å². The average Bonchev–Trinajstić information content (AvgIpc) is 2.48. The lowest BCUT2D eigenvalue weighted by molar-refractivity contribution is -0.137. The fourth-order valence-electron chi connectivity index (χ4n) is 1.87. The van der Waals surface area contributed by atoms with E-state index in [2.05, 4.69) is 10.6 Å². The Bertz CT molecular complexity index is 773. The Balaban J connectivity index is 2.11. The van der Waals surface area contributed by atoms with Crippen molar-refractivity contribution < 1.29 is 22.4 Å². The summed E-state index contributed by atoms with van der Waals surface area (Å²) in [5.41, 5.74) is -0.365. The molecule has 0 amide bonds. The number of Topliss-reactive ketones (excluding diaryl/α,β-unsaturated/α-hetero) is 1. The van der Waals surface area contributed by atoms with Crippen LogP contribution < -0.4 is 10.6 Å². The zero-order valence-electron chi connectivity index (χ0n) is 12.4. The number of rotatable bonds is 3. The molecule has 2 rings (SSSR count). The number of ketones is 1. The molecule has 0 unspecified atom stereocenters. The summed E-state index contributed by atoms with van der Waals surface area (Å²) in [6.07, 6.45) is -4.58. The monoisotopic (exact) mass is 356 g/mol. The smallest absolute Gasteiger partial charge is 0.332 e. The second-order valence-corrected chi connectivity index (χ2v) is 5.31. The maximum absolute atomic E-state index is 13.6. The van der Waals surface area contributed by atoms with Crippen molar-refractivity contribution in [3.8, 4) is 0 Å². The van der Waals surface area contributed by atoms with Gasteiger partial charge in [-0.25, -0.2) is 4.39 Å². The van der Waals surface area contributed by atoms with E-state index in [0.29, 0.717) is 23.4 Å². The van der Waals surface area contributed by atoms with Gasteiger partial charge in [0.05, 0.1) is 11.3 Å². The number of benzene rings is 2. The third-order valence-corrected chi connectivity index (χ3v) is 3.30. The molecular formula is C16H12F4N2OS. The van der Waals surface area contributed by atoms with Crippen molar-refractivity contribution in [2.24, 2.45) is 0 Å². The summed E-state index contributed by atoms with van der Waals surface area (Å²) in [6, 6.07) is 8.30. The lowest BCUT2D eigenvalue weighted by Crippen LogP contribution is -2.20. The van der Waals surface area contributed by atoms with Crippen molar-refractivity contribution in [1.82, 2.24) is 0 Å². The first-order chi connectivity index (χ1) is 11.2. The second kappa shape index (κ2) is 6.96. The molecule has 0 heterocycles. The highest BCUT2D eigenvalue weighted by molar-refractivity contribution is 7.80. The molecule has 0 saturated heterocycles. The van der Waals surface area contributed by atoms with Gasteiger partial charge in [-0.3, -0.25) is 4.79 Å². The molecule has 0 aliphatic carbocycles. The highest BCUT2D eigenvalue weighted by Gasteiger charge is 2.31. The minimum atomic E-state index is -4.58. The van der Waals surface area contributed by atoms with Crippen molar-refractivity contribution >= 4 is 34.5 Å². The number of carbonyl (C=O) groups excluding carboxylic acids is 1. The fraction of sp³-hybridized carbons (Fsp3) is 0.125. The van der Waals surface area contributed by atoms with E-state index in [9.17, 15) is 22.4 Å². The van der Waals surface area contributed by atoms with Gasteiger partial charge in [0.15, 0.2) is 10.9 Å². The number of hydrogen-bond acceptors (Lipinski definition) is 2. The third-order valence-electron chi connectivity index (χ3n) is 3.09. The fourth-order valence-corrected chi connectivity index (χ4v) is 2.10. The van der Waals surface area contributed by atoms with E-state index in [1.54, 1.807) is 24.3 Å². The van der Waals surface area contributed by atoms with E-state index >= 15 is 0 Å². The van der Waals surface area contributed by atoms with Crippen LogP contribution >= 0.6 is 12.2 Å². The molecule has 2 aromatic carbocycles. The number of halogens is 4. The van der Waals surface area contributed by atoms with E-state index in [1.165, 1.54) is 6.92 Å². The molecule has 0 atom stereocenters. The summed E-state index contributed by atoms with van der Waals surface area (Å²) in [5.74, 6) is -0.965. The standard InChI is InChI=1S/C16H12F4N2OS/c1-9(23)10-2-5-12(6-3-10)21-15(24)22-14-8-11(16(18,19)20)4-7-13(14)17/h2-8H,1H3,(H2,21,22,24). The van der Waals surface area contributed by atoms with Crippen LogP contribution in [0.3, 0.4) is 0 Å². The topological polar surface area (TPSA) is 41.1 Å². The van der Waals surface area contributed by atoms with Crippen LogP contribution in [0, 0.1) is 5.82 Å². The Labute approximate surface area is 140 Å². The second-order valence-electron chi connectivity index (χ2n) is 4.91. The van der Waals surface area contributed by atoms with Crippen LogP contribution in [0.1, 0.15) is 22.8 Å². The van der Waals surface area contributed by atoms with Crippen LogP contribution in [0.25, 0.3) is 0 Å². The van der Waals surface area contributed by atoms with Crippen molar-refractivity contribution in [3.63, 3.8) is 0 Å². The predicted molar refractivity (Wildman–Crippen MR) is 87.7 cm³/mol. The minimum Gasteiger partial charge on any atom is -0.332 e. The lowest BCUT2D eigenvalue weighted by Gasteiger charge is -2.13. The molecule has 0 aliphatic rings. The number of hydrogen-bond donors (Lipinski definition) is 2.